The Morgan fingerprint density at radius 1 is 0.692 bits per heavy atom. The molecule has 3 N–H and O–H groups in total. The standard InChI is InChI=1S/C31H30N6O2/c38-31(39-22-25-6-2-1-3-7-25)35-21-24-10-12-26(13-11-24)33-18-19-34-30-28-9-5-4-8-27(28)29(36-37-30)20-23-14-16-32-17-15-23/h1-17,33H,18-22H2,(H,34,37)(H,35,38). The van der Waals surface area contributed by atoms with Crippen LogP contribution in [0.1, 0.15) is 22.4 Å². The average Bonchev–Trinajstić information content (AvgIpc) is 3.00. The van der Waals surface area contributed by atoms with Gasteiger partial charge in [-0.25, -0.2) is 4.79 Å². The van der Waals surface area contributed by atoms with Crippen LogP contribution in [0.25, 0.3) is 10.8 Å². The third-order valence-electron chi connectivity index (χ3n) is 6.23. The topological polar surface area (TPSA) is 101 Å². The molecule has 0 unspecified atom stereocenters. The number of hydrogen-bond donors (Lipinski definition) is 3. The largest absolute Gasteiger partial charge is 0.445 e. The Kier molecular flexibility index (Phi) is 8.56. The predicted molar refractivity (Wildman–Crippen MR) is 153 cm³/mol. The maximum absolute atomic E-state index is 12.0. The maximum Gasteiger partial charge on any atom is 0.407 e. The van der Waals surface area contributed by atoms with Gasteiger partial charge >= 0.3 is 6.09 Å². The van der Waals surface area contributed by atoms with Crippen LogP contribution in [0.4, 0.5) is 16.3 Å². The van der Waals surface area contributed by atoms with Gasteiger partial charge in [-0.3, -0.25) is 4.98 Å². The number of aromatic nitrogens is 3. The van der Waals surface area contributed by atoms with Gasteiger partial charge in [0.15, 0.2) is 5.82 Å². The molecule has 2 aromatic heterocycles. The van der Waals surface area contributed by atoms with Crippen molar-refractivity contribution in [1.82, 2.24) is 20.5 Å². The number of anilines is 2. The van der Waals surface area contributed by atoms with Crippen LogP contribution in [0.2, 0.25) is 0 Å². The van der Waals surface area contributed by atoms with Gasteiger partial charge in [0.05, 0.1) is 5.69 Å². The van der Waals surface area contributed by atoms with E-state index < -0.39 is 6.09 Å². The number of rotatable bonds is 11. The summed E-state index contributed by atoms with van der Waals surface area (Å²) < 4.78 is 5.25. The molecule has 8 heteroatoms. The minimum Gasteiger partial charge on any atom is -0.445 e. The Bertz CT molecular complexity index is 1490. The molecule has 0 aliphatic rings. The molecule has 5 rings (SSSR count). The van der Waals surface area contributed by atoms with Crippen LogP contribution in [0.15, 0.2) is 103 Å². The molecule has 0 bridgehead atoms. The third kappa shape index (κ3) is 7.29. The molecule has 0 atom stereocenters. The first-order chi connectivity index (χ1) is 19.2. The lowest BCUT2D eigenvalue weighted by Crippen LogP contribution is -2.23. The SMILES string of the molecule is O=C(NCc1ccc(NCCNc2nnc(Cc3ccncc3)c3ccccc23)cc1)OCc1ccccc1. The van der Waals surface area contributed by atoms with Gasteiger partial charge in [0.2, 0.25) is 0 Å². The molecule has 0 spiro atoms. The molecule has 0 saturated carbocycles. The fourth-order valence-corrected chi connectivity index (χ4v) is 4.19. The molecule has 0 fully saturated rings. The van der Waals surface area contributed by atoms with Crippen LogP contribution in [0.3, 0.4) is 0 Å². The Morgan fingerprint density at radius 3 is 2.21 bits per heavy atom. The highest BCUT2D eigenvalue weighted by molar-refractivity contribution is 5.93. The van der Waals surface area contributed by atoms with E-state index in [0.29, 0.717) is 26.1 Å². The Hall–Kier alpha value is -4.98. The number of ether oxygens (including phenoxy) is 1. The Balaban J connectivity index is 1.08. The van der Waals surface area contributed by atoms with Crippen molar-refractivity contribution in [3.63, 3.8) is 0 Å². The van der Waals surface area contributed by atoms with E-state index in [9.17, 15) is 4.79 Å². The molecule has 0 saturated heterocycles. The average molecular weight is 519 g/mol. The van der Waals surface area contributed by atoms with Crippen molar-refractivity contribution in [2.45, 2.75) is 19.6 Å². The van der Waals surface area contributed by atoms with Crippen LogP contribution >= 0.6 is 0 Å². The quantitative estimate of drug-likeness (QED) is 0.197. The van der Waals surface area contributed by atoms with E-state index in [1.807, 2.05) is 78.9 Å². The highest BCUT2D eigenvalue weighted by Gasteiger charge is 2.09. The predicted octanol–water partition coefficient (Wildman–Crippen LogP) is 5.57. The number of hydrogen-bond acceptors (Lipinski definition) is 7. The number of alkyl carbamates (subject to hydrolysis) is 1. The number of amides is 1. The summed E-state index contributed by atoms with van der Waals surface area (Å²) in [6, 6.07) is 29.8. The summed E-state index contributed by atoms with van der Waals surface area (Å²) in [7, 11) is 0. The molecule has 0 aliphatic heterocycles. The van der Waals surface area contributed by atoms with Gasteiger partial charge in [0, 0.05) is 54.9 Å². The van der Waals surface area contributed by atoms with Crippen molar-refractivity contribution >= 4 is 28.4 Å². The molecule has 0 aliphatic carbocycles. The molecular formula is C31H30N6O2. The van der Waals surface area contributed by atoms with Crippen molar-refractivity contribution in [1.29, 1.82) is 0 Å². The van der Waals surface area contributed by atoms with Gasteiger partial charge in [-0.2, -0.15) is 5.10 Å². The summed E-state index contributed by atoms with van der Waals surface area (Å²) in [6.45, 7) is 2.04. The first kappa shape index (κ1) is 25.7. The fraction of sp³-hybridized carbons (Fsp3) is 0.161. The molecule has 196 valence electrons. The van der Waals surface area contributed by atoms with E-state index in [-0.39, 0.29) is 6.61 Å². The van der Waals surface area contributed by atoms with Crippen LogP contribution in [-0.4, -0.2) is 34.4 Å². The van der Waals surface area contributed by atoms with Crippen LogP contribution in [0.5, 0.6) is 0 Å². The molecular weight excluding hydrogens is 488 g/mol. The molecule has 2 heterocycles. The van der Waals surface area contributed by atoms with Crippen molar-refractivity contribution in [2.24, 2.45) is 0 Å². The molecule has 0 radical (unpaired) electrons. The van der Waals surface area contributed by atoms with E-state index in [1.165, 1.54) is 0 Å². The monoisotopic (exact) mass is 518 g/mol. The molecule has 3 aromatic carbocycles. The van der Waals surface area contributed by atoms with Crippen LogP contribution in [-0.2, 0) is 24.3 Å². The first-order valence-electron chi connectivity index (χ1n) is 12.9. The molecule has 8 nitrogen and oxygen atoms in total. The first-order valence-corrected chi connectivity index (χ1v) is 12.9. The van der Waals surface area contributed by atoms with Crippen molar-refractivity contribution < 1.29 is 9.53 Å². The van der Waals surface area contributed by atoms with Crippen molar-refractivity contribution in [2.75, 3.05) is 23.7 Å². The van der Waals surface area contributed by atoms with E-state index in [4.69, 9.17) is 4.74 Å². The van der Waals surface area contributed by atoms with Gasteiger partial charge in [0.1, 0.15) is 6.61 Å². The Labute approximate surface area is 227 Å². The Morgan fingerprint density at radius 2 is 1.41 bits per heavy atom. The summed E-state index contributed by atoms with van der Waals surface area (Å²) in [5.41, 5.74) is 5.04. The molecule has 5 aromatic rings. The van der Waals surface area contributed by atoms with E-state index in [2.05, 4.69) is 43.3 Å². The number of fused-ring (bicyclic) bond motifs is 1. The number of benzene rings is 3. The van der Waals surface area contributed by atoms with Gasteiger partial charge in [0.25, 0.3) is 0 Å². The van der Waals surface area contributed by atoms with E-state index in [1.54, 1.807) is 12.4 Å². The van der Waals surface area contributed by atoms with Crippen LogP contribution < -0.4 is 16.0 Å². The van der Waals surface area contributed by atoms with Gasteiger partial charge in [-0.05, 0) is 41.0 Å². The summed E-state index contributed by atoms with van der Waals surface area (Å²) in [5, 5.41) is 20.7. The number of pyridine rings is 1. The summed E-state index contributed by atoms with van der Waals surface area (Å²) in [5.74, 6) is 0.770. The van der Waals surface area contributed by atoms with E-state index >= 15 is 0 Å². The third-order valence-corrected chi connectivity index (χ3v) is 6.23. The second-order valence-corrected chi connectivity index (χ2v) is 9.04. The normalized spacial score (nSPS) is 10.7. The smallest absolute Gasteiger partial charge is 0.407 e. The van der Waals surface area contributed by atoms with Crippen LogP contribution in [0, 0.1) is 0 Å². The van der Waals surface area contributed by atoms with Gasteiger partial charge < -0.3 is 20.7 Å². The highest BCUT2D eigenvalue weighted by Crippen LogP contribution is 2.24. The fourth-order valence-electron chi connectivity index (χ4n) is 4.19. The number of nitrogens with zero attached hydrogens (tertiary/aromatic N) is 3. The van der Waals surface area contributed by atoms with Crippen molar-refractivity contribution in [3.8, 4) is 0 Å². The van der Waals surface area contributed by atoms with E-state index in [0.717, 1.165) is 44.7 Å². The van der Waals surface area contributed by atoms with Crippen molar-refractivity contribution in [3.05, 3.63) is 126 Å². The lowest BCUT2D eigenvalue weighted by atomic mass is 10.1. The molecule has 39 heavy (non-hydrogen) atoms. The zero-order valence-corrected chi connectivity index (χ0v) is 21.5. The minimum absolute atomic E-state index is 0.251. The number of carbonyl (C=O) groups is 1. The lowest BCUT2D eigenvalue weighted by molar-refractivity contribution is 0.139. The molecule has 1 amide bonds. The zero-order chi connectivity index (χ0) is 26.7. The van der Waals surface area contributed by atoms with Gasteiger partial charge in [-0.15, -0.1) is 5.10 Å². The second kappa shape index (κ2) is 13.0. The minimum atomic E-state index is -0.437. The number of nitrogens with one attached hydrogen (secondary N) is 3. The maximum atomic E-state index is 12.0. The van der Waals surface area contributed by atoms with Gasteiger partial charge in [-0.1, -0.05) is 66.7 Å². The second-order valence-electron chi connectivity index (χ2n) is 9.04. The highest BCUT2D eigenvalue weighted by atomic mass is 16.5. The summed E-state index contributed by atoms with van der Waals surface area (Å²) in [4.78, 5) is 16.1. The summed E-state index contributed by atoms with van der Waals surface area (Å²) in [6.07, 6.45) is 3.86. The summed E-state index contributed by atoms with van der Waals surface area (Å²) >= 11 is 0. The zero-order valence-electron chi connectivity index (χ0n) is 21.5. The lowest BCUT2D eigenvalue weighted by Gasteiger charge is -2.12. The number of carbonyl (C=O) groups excluding carboxylic acids is 1.